The molecular weight excluding hydrogens is 242 g/mol. The van der Waals surface area contributed by atoms with Crippen molar-refractivity contribution in [1.82, 2.24) is 0 Å². The Kier molecular flexibility index (Phi) is 2.03. The number of nitrogens with zero attached hydrogens (tertiary/aromatic N) is 1. The minimum atomic E-state index is -0.198. The standard InChI is InChI=1S/C15H15NO3/c1-15-8-11-10(7-12(15)19-15)13(17)16(14(11)18)9-5-3-2-4-6-9/h2-6,10-12H,7-8H2,1H3/t10-,11+,12-,15+/m1/s1. The minimum Gasteiger partial charge on any atom is -0.366 e. The van der Waals surface area contributed by atoms with Crippen molar-refractivity contribution in [2.75, 3.05) is 4.90 Å². The normalized spacial score (nSPS) is 40.1. The Labute approximate surface area is 111 Å². The van der Waals surface area contributed by atoms with Gasteiger partial charge in [-0.1, -0.05) is 18.2 Å². The van der Waals surface area contributed by atoms with Crippen LogP contribution in [0.5, 0.6) is 0 Å². The number of hydrogen-bond donors (Lipinski definition) is 0. The van der Waals surface area contributed by atoms with Crippen LogP contribution in [0.15, 0.2) is 30.3 Å². The van der Waals surface area contributed by atoms with Gasteiger partial charge in [0.05, 0.1) is 29.2 Å². The van der Waals surface area contributed by atoms with Gasteiger partial charge in [0, 0.05) is 0 Å². The average Bonchev–Trinajstić information content (AvgIpc) is 3.02. The lowest BCUT2D eigenvalue weighted by molar-refractivity contribution is -0.122. The van der Waals surface area contributed by atoms with Gasteiger partial charge in [0.1, 0.15) is 0 Å². The molecule has 19 heavy (non-hydrogen) atoms. The van der Waals surface area contributed by atoms with Crippen molar-refractivity contribution in [2.45, 2.75) is 31.5 Å². The van der Waals surface area contributed by atoms with Crippen molar-refractivity contribution < 1.29 is 14.3 Å². The maximum atomic E-state index is 12.5. The van der Waals surface area contributed by atoms with Crippen LogP contribution in [0.25, 0.3) is 0 Å². The van der Waals surface area contributed by atoms with Crippen LogP contribution in [0.4, 0.5) is 5.69 Å². The third-order valence-electron chi connectivity index (χ3n) is 4.70. The van der Waals surface area contributed by atoms with Crippen molar-refractivity contribution in [1.29, 1.82) is 0 Å². The van der Waals surface area contributed by atoms with Crippen molar-refractivity contribution >= 4 is 17.5 Å². The minimum absolute atomic E-state index is 0.0567. The van der Waals surface area contributed by atoms with Crippen LogP contribution in [0, 0.1) is 11.8 Å². The second-order valence-corrected chi connectivity index (χ2v) is 5.92. The molecule has 0 spiro atoms. The predicted molar refractivity (Wildman–Crippen MR) is 68.4 cm³/mol. The number of carbonyl (C=O) groups excluding carboxylic acids is 2. The second kappa shape index (κ2) is 3.45. The summed E-state index contributed by atoms with van der Waals surface area (Å²) in [6, 6.07) is 9.20. The average molecular weight is 257 g/mol. The van der Waals surface area contributed by atoms with Gasteiger partial charge >= 0.3 is 0 Å². The van der Waals surface area contributed by atoms with Crippen molar-refractivity contribution in [3.8, 4) is 0 Å². The first-order chi connectivity index (χ1) is 9.10. The number of para-hydroxylation sites is 1. The molecule has 0 aromatic heterocycles. The molecule has 1 saturated carbocycles. The van der Waals surface area contributed by atoms with E-state index in [1.165, 1.54) is 4.90 Å². The highest BCUT2D eigenvalue weighted by Gasteiger charge is 2.64. The van der Waals surface area contributed by atoms with Gasteiger partial charge in [0.25, 0.3) is 0 Å². The Balaban J connectivity index is 1.69. The van der Waals surface area contributed by atoms with Gasteiger partial charge in [-0.05, 0) is 31.9 Å². The number of imide groups is 1. The molecule has 2 heterocycles. The van der Waals surface area contributed by atoms with Gasteiger partial charge in [-0.15, -0.1) is 0 Å². The predicted octanol–water partition coefficient (Wildman–Crippen LogP) is 1.74. The lowest BCUT2D eigenvalue weighted by atomic mass is 9.76. The van der Waals surface area contributed by atoms with Crippen LogP contribution in [-0.2, 0) is 14.3 Å². The van der Waals surface area contributed by atoms with Gasteiger partial charge in [-0.2, -0.15) is 0 Å². The van der Waals surface area contributed by atoms with Crippen LogP contribution >= 0.6 is 0 Å². The van der Waals surface area contributed by atoms with E-state index in [0.717, 1.165) is 0 Å². The first-order valence-corrected chi connectivity index (χ1v) is 6.71. The summed E-state index contributed by atoms with van der Waals surface area (Å²) in [5.41, 5.74) is 0.524. The largest absolute Gasteiger partial charge is 0.366 e. The second-order valence-electron chi connectivity index (χ2n) is 5.92. The lowest BCUT2D eigenvalue weighted by Crippen LogP contribution is -2.32. The zero-order valence-corrected chi connectivity index (χ0v) is 10.7. The van der Waals surface area contributed by atoms with E-state index in [2.05, 4.69) is 0 Å². The first-order valence-electron chi connectivity index (χ1n) is 6.71. The fourth-order valence-electron chi connectivity index (χ4n) is 3.55. The summed E-state index contributed by atoms with van der Waals surface area (Å²) < 4.78 is 5.62. The highest BCUT2D eigenvalue weighted by Crippen LogP contribution is 2.54. The molecular formula is C15H15NO3. The maximum Gasteiger partial charge on any atom is 0.237 e. The van der Waals surface area contributed by atoms with E-state index in [4.69, 9.17) is 4.74 Å². The fraction of sp³-hybridized carbons (Fsp3) is 0.467. The molecule has 3 aliphatic rings. The monoisotopic (exact) mass is 257 g/mol. The molecule has 1 aromatic carbocycles. The molecule has 4 rings (SSSR count). The smallest absolute Gasteiger partial charge is 0.237 e. The highest BCUT2D eigenvalue weighted by atomic mass is 16.6. The van der Waals surface area contributed by atoms with Crippen LogP contribution in [0.3, 0.4) is 0 Å². The molecule has 4 nitrogen and oxygen atoms in total. The zero-order chi connectivity index (χ0) is 13.2. The zero-order valence-electron chi connectivity index (χ0n) is 10.7. The Hall–Kier alpha value is -1.68. The summed E-state index contributed by atoms with van der Waals surface area (Å²) in [7, 11) is 0. The first kappa shape index (κ1) is 11.2. The topological polar surface area (TPSA) is 49.9 Å². The third-order valence-corrected chi connectivity index (χ3v) is 4.70. The lowest BCUT2D eigenvalue weighted by Gasteiger charge is -2.21. The summed E-state index contributed by atoms with van der Waals surface area (Å²) in [5.74, 6) is -0.500. The summed E-state index contributed by atoms with van der Waals surface area (Å²) in [5, 5.41) is 0. The third kappa shape index (κ3) is 1.43. The Bertz CT molecular complexity index is 570. The van der Waals surface area contributed by atoms with E-state index in [1.54, 1.807) is 0 Å². The molecule has 1 aromatic rings. The molecule has 0 unspecified atom stereocenters. The number of fused-ring (bicyclic) bond motifs is 2. The number of hydrogen-bond acceptors (Lipinski definition) is 3. The van der Waals surface area contributed by atoms with Gasteiger partial charge in [-0.3, -0.25) is 14.5 Å². The van der Waals surface area contributed by atoms with Gasteiger partial charge in [-0.25, -0.2) is 0 Å². The maximum absolute atomic E-state index is 12.5. The molecule has 3 fully saturated rings. The van der Waals surface area contributed by atoms with E-state index in [9.17, 15) is 9.59 Å². The number of amides is 2. The van der Waals surface area contributed by atoms with E-state index < -0.39 is 0 Å². The van der Waals surface area contributed by atoms with Gasteiger partial charge in [0.2, 0.25) is 11.8 Å². The van der Waals surface area contributed by atoms with E-state index >= 15 is 0 Å². The van der Waals surface area contributed by atoms with Crippen LogP contribution in [-0.4, -0.2) is 23.5 Å². The van der Waals surface area contributed by atoms with Crippen molar-refractivity contribution in [2.24, 2.45) is 11.8 Å². The van der Waals surface area contributed by atoms with E-state index in [-0.39, 0.29) is 35.4 Å². The summed E-state index contributed by atoms with van der Waals surface area (Å²) in [4.78, 5) is 26.3. The van der Waals surface area contributed by atoms with Crippen LogP contribution < -0.4 is 4.90 Å². The van der Waals surface area contributed by atoms with Crippen molar-refractivity contribution in [3.05, 3.63) is 30.3 Å². The molecule has 0 bridgehead atoms. The fourth-order valence-corrected chi connectivity index (χ4v) is 3.55. The molecule has 2 amide bonds. The van der Waals surface area contributed by atoms with Crippen molar-refractivity contribution in [3.63, 3.8) is 0 Å². The Morgan fingerprint density at radius 2 is 1.84 bits per heavy atom. The van der Waals surface area contributed by atoms with E-state index in [1.807, 2.05) is 37.3 Å². The molecule has 1 aliphatic carbocycles. The number of anilines is 1. The molecule has 2 saturated heterocycles. The Morgan fingerprint density at radius 3 is 2.58 bits per heavy atom. The number of ether oxygens (including phenoxy) is 1. The number of benzene rings is 1. The molecule has 4 heteroatoms. The number of epoxide rings is 1. The quantitative estimate of drug-likeness (QED) is 0.569. The highest BCUT2D eigenvalue weighted by molar-refractivity contribution is 6.22. The Morgan fingerprint density at radius 1 is 1.16 bits per heavy atom. The molecule has 98 valence electrons. The van der Waals surface area contributed by atoms with Gasteiger partial charge in [0.15, 0.2) is 0 Å². The number of rotatable bonds is 1. The van der Waals surface area contributed by atoms with Gasteiger partial charge < -0.3 is 4.74 Å². The number of carbonyl (C=O) groups is 2. The molecule has 4 atom stereocenters. The summed E-state index contributed by atoms with van der Waals surface area (Å²) >= 11 is 0. The van der Waals surface area contributed by atoms with Crippen LogP contribution in [0.2, 0.25) is 0 Å². The molecule has 0 radical (unpaired) electrons. The SMILES string of the molecule is C[C@]12C[C@@H]3C(=O)N(c4ccccc4)C(=O)[C@@H]3C[C@H]1O2. The summed E-state index contributed by atoms with van der Waals surface area (Å²) in [6.45, 7) is 2.04. The molecule has 2 aliphatic heterocycles. The molecule has 0 N–H and O–H groups in total. The van der Waals surface area contributed by atoms with E-state index in [0.29, 0.717) is 18.5 Å². The van der Waals surface area contributed by atoms with Crippen LogP contribution in [0.1, 0.15) is 19.8 Å². The summed E-state index contributed by atoms with van der Waals surface area (Å²) in [6.07, 6.45) is 1.53.